The molecule has 1 aliphatic carbocycles. The van der Waals surface area contributed by atoms with Gasteiger partial charge in [-0.15, -0.1) is 11.6 Å². The number of benzene rings is 1. The highest BCUT2D eigenvalue weighted by Gasteiger charge is 2.25. The van der Waals surface area contributed by atoms with Crippen LogP contribution in [0, 0.1) is 5.92 Å². The van der Waals surface area contributed by atoms with Crippen molar-refractivity contribution in [1.29, 1.82) is 0 Å². The van der Waals surface area contributed by atoms with Crippen LogP contribution in [0.25, 0.3) is 10.9 Å². The second-order valence-corrected chi connectivity index (χ2v) is 5.47. The summed E-state index contributed by atoms with van der Waals surface area (Å²) >= 11 is 6.32. The van der Waals surface area contributed by atoms with Crippen LogP contribution in [0.15, 0.2) is 36.4 Å². The van der Waals surface area contributed by atoms with Crippen LogP contribution < -0.4 is 0 Å². The van der Waals surface area contributed by atoms with Crippen molar-refractivity contribution >= 4 is 22.5 Å². The zero-order valence-electron chi connectivity index (χ0n) is 9.77. The third kappa shape index (κ3) is 2.30. The van der Waals surface area contributed by atoms with E-state index in [0.717, 1.165) is 11.9 Å². The van der Waals surface area contributed by atoms with Crippen molar-refractivity contribution in [3.05, 3.63) is 42.1 Å². The number of fused-ring (bicyclic) bond motifs is 1. The van der Waals surface area contributed by atoms with E-state index in [0.29, 0.717) is 11.3 Å². The zero-order chi connectivity index (χ0) is 11.7. The van der Waals surface area contributed by atoms with Gasteiger partial charge in [-0.1, -0.05) is 30.7 Å². The summed E-state index contributed by atoms with van der Waals surface area (Å²) in [6.45, 7) is 0. The molecular weight excluding hydrogens is 230 g/mol. The highest BCUT2D eigenvalue weighted by atomic mass is 35.5. The van der Waals surface area contributed by atoms with Crippen LogP contribution >= 0.6 is 11.6 Å². The van der Waals surface area contributed by atoms with Gasteiger partial charge in [0.2, 0.25) is 0 Å². The summed E-state index contributed by atoms with van der Waals surface area (Å²) in [4.78, 5) is 4.71. The van der Waals surface area contributed by atoms with Gasteiger partial charge in [0.15, 0.2) is 0 Å². The molecule has 1 aromatic heterocycles. The van der Waals surface area contributed by atoms with Crippen LogP contribution in [-0.2, 0) is 6.42 Å². The van der Waals surface area contributed by atoms with Gasteiger partial charge in [0, 0.05) is 16.5 Å². The van der Waals surface area contributed by atoms with Crippen molar-refractivity contribution in [3.8, 4) is 0 Å². The predicted molar refractivity (Wildman–Crippen MR) is 72.4 cm³/mol. The third-order valence-electron chi connectivity index (χ3n) is 3.69. The number of para-hydroxylation sites is 1. The van der Waals surface area contributed by atoms with E-state index >= 15 is 0 Å². The Bertz CT molecular complexity index is 523. The first kappa shape index (κ1) is 11.0. The molecule has 2 unspecified atom stereocenters. The molecule has 3 rings (SSSR count). The van der Waals surface area contributed by atoms with Crippen LogP contribution in [-0.4, -0.2) is 10.4 Å². The van der Waals surface area contributed by atoms with E-state index in [1.54, 1.807) is 0 Å². The van der Waals surface area contributed by atoms with Gasteiger partial charge in [0.25, 0.3) is 0 Å². The quantitative estimate of drug-likeness (QED) is 0.724. The van der Waals surface area contributed by atoms with E-state index in [1.807, 2.05) is 6.07 Å². The second kappa shape index (κ2) is 4.66. The minimum atomic E-state index is 0.350. The fourth-order valence-corrected chi connectivity index (χ4v) is 3.08. The van der Waals surface area contributed by atoms with E-state index in [2.05, 4.69) is 30.3 Å². The summed E-state index contributed by atoms with van der Waals surface area (Å²) in [5.74, 6) is 0.616. The van der Waals surface area contributed by atoms with E-state index in [4.69, 9.17) is 16.6 Å². The van der Waals surface area contributed by atoms with Gasteiger partial charge in [-0.05, 0) is 37.3 Å². The average molecular weight is 246 g/mol. The molecule has 2 aromatic rings. The third-order valence-corrected chi connectivity index (χ3v) is 4.27. The monoisotopic (exact) mass is 245 g/mol. The first-order valence-corrected chi connectivity index (χ1v) is 6.75. The Balaban J connectivity index is 1.85. The Labute approximate surface area is 107 Å². The van der Waals surface area contributed by atoms with Crippen molar-refractivity contribution in [1.82, 2.24) is 4.98 Å². The molecular formula is C15H16ClN. The molecule has 2 atom stereocenters. The van der Waals surface area contributed by atoms with Gasteiger partial charge < -0.3 is 0 Å². The number of aromatic nitrogens is 1. The number of nitrogens with zero attached hydrogens (tertiary/aromatic N) is 1. The lowest BCUT2D eigenvalue weighted by Gasteiger charge is -2.13. The summed E-state index contributed by atoms with van der Waals surface area (Å²) in [5, 5.41) is 1.56. The van der Waals surface area contributed by atoms with E-state index < -0.39 is 0 Å². The van der Waals surface area contributed by atoms with Crippen LogP contribution in [0.1, 0.15) is 25.0 Å². The topological polar surface area (TPSA) is 12.9 Å². The Morgan fingerprint density at radius 3 is 2.82 bits per heavy atom. The van der Waals surface area contributed by atoms with E-state index in [1.165, 1.54) is 30.3 Å². The maximum absolute atomic E-state index is 6.32. The molecule has 0 radical (unpaired) electrons. The highest BCUT2D eigenvalue weighted by molar-refractivity contribution is 6.20. The maximum Gasteiger partial charge on any atom is 0.0705 e. The van der Waals surface area contributed by atoms with Crippen LogP contribution in [0.5, 0.6) is 0 Å². The molecule has 1 fully saturated rings. The largest absolute Gasteiger partial charge is 0.253 e. The predicted octanol–water partition coefficient (Wildman–Crippen LogP) is 4.18. The molecule has 88 valence electrons. The van der Waals surface area contributed by atoms with Crippen LogP contribution in [0.4, 0.5) is 0 Å². The number of alkyl halides is 1. The molecule has 1 heterocycles. The Hall–Kier alpha value is -1.08. The second-order valence-electron chi connectivity index (χ2n) is 4.91. The van der Waals surface area contributed by atoms with Crippen molar-refractivity contribution in [2.75, 3.05) is 0 Å². The molecule has 0 aliphatic heterocycles. The Morgan fingerprint density at radius 2 is 2.00 bits per heavy atom. The standard InChI is InChI=1S/C15H16ClN/c16-14-6-3-5-12(14)10-13-9-8-11-4-1-2-7-15(11)17-13/h1-2,4,7-9,12,14H,3,5-6,10H2. The number of rotatable bonds is 2. The van der Waals surface area contributed by atoms with Crippen molar-refractivity contribution in [3.63, 3.8) is 0 Å². The first-order chi connectivity index (χ1) is 8.33. The molecule has 0 amide bonds. The van der Waals surface area contributed by atoms with Gasteiger partial charge in [0.05, 0.1) is 5.52 Å². The lowest BCUT2D eigenvalue weighted by molar-refractivity contribution is 0.546. The van der Waals surface area contributed by atoms with Crippen molar-refractivity contribution < 1.29 is 0 Å². The normalized spacial score (nSPS) is 24.3. The Kier molecular flexibility index (Phi) is 3.02. The van der Waals surface area contributed by atoms with E-state index in [9.17, 15) is 0 Å². The van der Waals surface area contributed by atoms with Gasteiger partial charge >= 0.3 is 0 Å². The number of hydrogen-bond acceptors (Lipinski definition) is 1. The number of halogens is 1. The summed E-state index contributed by atoms with van der Waals surface area (Å²) in [6, 6.07) is 12.6. The Morgan fingerprint density at radius 1 is 1.12 bits per heavy atom. The summed E-state index contributed by atoms with van der Waals surface area (Å²) < 4.78 is 0. The summed E-state index contributed by atoms with van der Waals surface area (Å²) in [6.07, 6.45) is 4.72. The lowest BCUT2D eigenvalue weighted by Crippen LogP contribution is -2.11. The van der Waals surface area contributed by atoms with Crippen molar-refractivity contribution in [2.24, 2.45) is 5.92 Å². The molecule has 17 heavy (non-hydrogen) atoms. The molecule has 0 spiro atoms. The summed E-state index contributed by atoms with van der Waals surface area (Å²) in [7, 11) is 0. The maximum atomic E-state index is 6.32. The average Bonchev–Trinajstić information content (AvgIpc) is 2.75. The lowest BCUT2D eigenvalue weighted by atomic mass is 10.0. The SMILES string of the molecule is ClC1CCCC1Cc1ccc2ccccc2n1. The molecule has 0 N–H and O–H groups in total. The molecule has 2 heteroatoms. The highest BCUT2D eigenvalue weighted by Crippen LogP contribution is 2.32. The van der Waals surface area contributed by atoms with Gasteiger partial charge in [-0.3, -0.25) is 4.98 Å². The summed E-state index contributed by atoms with van der Waals surface area (Å²) in [5.41, 5.74) is 2.27. The molecule has 0 saturated heterocycles. The van der Waals surface area contributed by atoms with Gasteiger partial charge in [-0.25, -0.2) is 0 Å². The van der Waals surface area contributed by atoms with Gasteiger partial charge in [0.1, 0.15) is 0 Å². The molecule has 1 nitrogen and oxygen atoms in total. The molecule has 1 aromatic carbocycles. The van der Waals surface area contributed by atoms with E-state index in [-0.39, 0.29) is 0 Å². The minimum Gasteiger partial charge on any atom is -0.253 e. The van der Waals surface area contributed by atoms with Crippen LogP contribution in [0.3, 0.4) is 0 Å². The fraction of sp³-hybridized carbons (Fsp3) is 0.400. The van der Waals surface area contributed by atoms with Crippen LogP contribution in [0.2, 0.25) is 0 Å². The molecule has 1 aliphatic rings. The molecule has 0 bridgehead atoms. The van der Waals surface area contributed by atoms with Crippen molar-refractivity contribution in [2.45, 2.75) is 31.1 Å². The smallest absolute Gasteiger partial charge is 0.0705 e. The molecule has 1 saturated carbocycles. The first-order valence-electron chi connectivity index (χ1n) is 6.32. The minimum absolute atomic E-state index is 0.350. The number of pyridine rings is 1. The zero-order valence-corrected chi connectivity index (χ0v) is 10.5. The number of hydrogen-bond donors (Lipinski definition) is 0. The fourth-order valence-electron chi connectivity index (χ4n) is 2.71. The van der Waals surface area contributed by atoms with Gasteiger partial charge in [-0.2, -0.15) is 0 Å².